The molecule has 198 valence electrons. The topological polar surface area (TPSA) is 101 Å². The number of nitrogens with one attached hydrogen (secondary N) is 1. The number of allylic oxidation sites excluding steroid dienone is 2. The van der Waals surface area contributed by atoms with Crippen molar-refractivity contribution in [3.63, 3.8) is 0 Å². The number of fused-ring (bicyclic) bond motifs is 1. The molecule has 0 atom stereocenters. The van der Waals surface area contributed by atoms with Crippen molar-refractivity contribution in [2.24, 2.45) is 11.5 Å². The first kappa shape index (κ1) is 26.6. The second-order valence-electron chi connectivity index (χ2n) is 9.70. The molecule has 1 fully saturated rings. The maximum absolute atomic E-state index is 14.9. The number of nitrogens with two attached hydrogens (primary N) is 2. The lowest BCUT2D eigenvalue weighted by Crippen LogP contribution is -2.47. The third-order valence-electron chi connectivity index (χ3n) is 6.68. The standard InChI is InChI=1S/C27H36F2N8/c1-5-35-8-10-36(11-9-35)16-20(30)6-7-25(31)34-26-14-21(23(29)15-32-26)19-12-22(28)27-24(13-19)37(17(2)3)18(4)33-27/h6-7,12-15,17H,5,8-11,16,30-31H2,1-4H3,(H,32,34)/b20-6-,25-7+. The van der Waals surface area contributed by atoms with E-state index in [1.165, 1.54) is 12.1 Å². The van der Waals surface area contributed by atoms with Crippen molar-refractivity contribution in [3.05, 3.63) is 65.5 Å². The van der Waals surface area contributed by atoms with Crippen molar-refractivity contribution < 1.29 is 8.78 Å². The molecule has 8 nitrogen and oxygen atoms in total. The number of nitrogens with zero attached hydrogens (tertiary/aromatic N) is 5. The van der Waals surface area contributed by atoms with Crippen molar-refractivity contribution in [2.75, 3.05) is 44.6 Å². The molecule has 0 unspecified atom stereocenters. The fourth-order valence-corrected chi connectivity index (χ4v) is 4.77. The molecule has 37 heavy (non-hydrogen) atoms. The van der Waals surface area contributed by atoms with Gasteiger partial charge in [0.2, 0.25) is 0 Å². The predicted molar refractivity (Wildman–Crippen MR) is 145 cm³/mol. The van der Waals surface area contributed by atoms with E-state index < -0.39 is 11.6 Å². The van der Waals surface area contributed by atoms with Gasteiger partial charge in [0.1, 0.15) is 28.8 Å². The Bertz CT molecular complexity index is 1320. The van der Waals surface area contributed by atoms with Crippen LogP contribution in [0.4, 0.5) is 14.6 Å². The Morgan fingerprint density at radius 1 is 1.05 bits per heavy atom. The first-order valence-electron chi connectivity index (χ1n) is 12.6. The molecule has 3 heterocycles. The number of imidazole rings is 1. The summed E-state index contributed by atoms with van der Waals surface area (Å²) in [6.07, 6.45) is 4.52. The Hall–Kier alpha value is -3.50. The summed E-state index contributed by atoms with van der Waals surface area (Å²) in [5.41, 5.74) is 14.5. The monoisotopic (exact) mass is 510 g/mol. The summed E-state index contributed by atoms with van der Waals surface area (Å²) in [7, 11) is 0. The molecule has 4 rings (SSSR count). The van der Waals surface area contributed by atoms with E-state index in [9.17, 15) is 8.78 Å². The van der Waals surface area contributed by atoms with Crippen LogP contribution in [0, 0.1) is 18.6 Å². The number of pyridine rings is 1. The van der Waals surface area contributed by atoms with Crippen LogP contribution in [0.15, 0.2) is 48.1 Å². The fourth-order valence-electron chi connectivity index (χ4n) is 4.77. The number of piperazine rings is 1. The van der Waals surface area contributed by atoms with Crippen LogP contribution in [0.1, 0.15) is 32.6 Å². The van der Waals surface area contributed by atoms with Gasteiger partial charge >= 0.3 is 0 Å². The Morgan fingerprint density at radius 3 is 2.43 bits per heavy atom. The maximum Gasteiger partial charge on any atom is 0.151 e. The lowest BCUT2D eigenvalue weighted by atomic mass is 10.0. The number of halogens is 2. The first-order chi connectivity index (χ1) is 17.7. The minimum Gasteiger partial charge on any atom is -0.401 e. The van der Waals surface area contributed by atoms with E-state index in [-0.39, 0.29) is 17.1 Å². The maximum atomic E-state index is 14.9. The van der Waals surface area contributed by atoms with Crippen molar-refractivity contribution >= 4 is 16.9 Å². The fraction of sp³-hybridized carbons (Fsp3) is 0.407. The van der Waals surface area contributed by atoms with Gasteiger partial charge in [0.25, 0.3) is 0 Å². The number of aromatic nitrogens is 3. The van der Waals surface area contributed by atoms with Crippen LogP contribution in [0.3, 0.4) is 0 Å². The summed E-state index contributed by atoms with van der Waals surface area (Å²) in [6, 6.07) is 4.64. The molecule has 2 aromatic heterocycles. The molecule has 10 heteroatoms. The highest BCUT2D eigenvalue weighted by Crippen LogP contribution is 2.31. The van der Waals surface area contributed by atoms with Gasteiger partial charge in [-0.25, -0.2) is 18.7 Å². The molecular formula is C27H36F2N8. The molecule has 0 amide bonds. The van der Waals surface area contributed by atoms with Crippen LogP contribution in [0.2, 0.25) is 0 Å². The van der Waals surface area contributed by atoms with Crippen molar-refractivity contribution in [1.82, 2.24) is 24.3 Å². The highest BCUT2D eigenvalue weighted by atomic mass is 19.1. The second-order valence-corrected chi connectivity index (χ2v) is 9.70. The van der Waals surface area contributed by atoms with Crippen LogP contribution in [0.25, 0.3) is 22.2 Å². The third-order valence-corrected chi connectivity index (χ3v) is 6.68. The van der Waals surface area contributed by atoms with E-state index in [0.717, 1.165) is 38.9 Å². The number of likely N-dealkylation sites (N-methyl/N-ethyl adjacent to an activating group) is 1. The van der Waals surface area contributed by atoms with Crippen LogP contribution in [-0.4, -0.2) is 63.6 Å². The Morgan fingerprint density at radius 2 is 1.76 bits per heavy atom. The molecule has 1 aliphatic heterocycles. The molecule has 0 bridgehead atoms. The van der Waals surface area contributed by atoms with E-state index in [4.69, 9.17) is 11.5 Å². The van der Waals surface area contributed by atoms with E-state index >= 15 is 0 Å². The number of hydrogen-bond acceptors (Lipinski definition) is 7. The number of hydrogen-bond donors (Lipinski definition) is 3. The minimum atomic E-state index is -0.563. The molecule has 1 aromatic carbocycles. The summed E-state index contributed by atoms with van der Waals surface area (Å²) in [5.74, 6) is 0.274. The van der Waals surface area contributed by atoms with Crippen LogP contribution >= 0.6 is 0 Å². The van der Waals surface area contributed by atoms with E-state index in [2.05, 4.69) is 32.0 Å². The Labute approximate surface area is 216 Å². The van der Waals surface area contributed by atoms with Gasteiger partial charge in [-0.3, -0.25) is 4.90 Å². The van der Waals surface area contributed by atoms with E-state index in [1.54, 1.807) is 18.2 Å². The third kappa shape index (κ3) is 6.08. The van der Waals surface area contributed by atoms with E-state index in [1.807, 2.05) is 25.3 Å². The second kappa shape index (κ2) is 11.3. The quantitative estimate of drug-likeness (QED) is 0.395. The number of aryl methyl sites for hydroxylation is 1. The van der Waals surface area contributed by atoms with E-state index in [0.29, 0.717) is 40.8 Å². The zero-order chi connectivity index (χ0) is 26.7. The average molecular weight is 511 g/mol. The van der Waals surface area contributed by atoms with Gasteiger partial charge in [-0.1, -0.05) is 6.92 Å². The SMILES string of the molecule is CCN1CCN(C/C(N)=C/C=C(\N)Nc2cc(-c3cc(F)c4nc(C)n(C(C)C)c4c3)c(F)cn2)CC1. The summed E-state index contributed by atoms with van der Waals surface area (Å²) in [5, 5.41) is 2.97. The van der Waals surface area contributed by atoms with Crippen LogP contribution < -0.4 is 16.8 Å². The zero-order valence-electron chi connectivity index (χ0n) is 21.9. The van der Waals surface area contributed by atoms with Gasteiger partial charge in [-0.05, 0) is 63.2 Å². The Kier molecular flexibility index (Phi) is 8.09. The molecule has 0 saturated carbocycles. The minimum absolute atomic E-state index is 0.0746. The molecule has 0 aliphatic carbocycles. The van der Waals surface area contributed by atoms with Crippen molar-refractivity contribution in [2.45, 2.75) is 33.7 Å². The molecule has 0 radical (unpaired) electrons. The van der Waals surface area contributed by atoms with Crippen molar-refractivity contribution in [1.29, 1.82) is 0 Å². The molecule has 5 N–H and O–H groups in total. The van der Waals surface area contributed by atoms with Gasteiger partial charge in [0.15, 0.2) is 5.82 Å². The lowest BCUT2D eigenvalue weighted by molar-refractivity contribution is 0.145. The molecular weight excluding hydrogens is 474 g/mol. The number of anilines is 1. The van der Waals surface area contributed by atoms with Crippen LogP contribution in [-0.2, 0) is 0 Å². The summed E-state index contributed by atoms with van der Waals surface area (Å²) in [4.78, 5) is 13.2. The molecule has 3 aromatic rings. The smallest absolute Gasteiger partial charge is 0.151 e. The van der Waals surface area contributed by atoms with Gasteiger partial charge in [0, 0.05) is 50.0 Å². The first-order valence-corrected chi connectivity index (χ1v) is 12.6. The molecule has 0 spiro atoms. The summed E-state index contributed by atoms with van der Waals surface area (Å²) >= 11 is 0. The highest BCUT2D eigenvalue weighted by Gasteiger charge is 2.18. The summed E-state index contributed by atoms with van der Waals surface area (Å²) in [6.45, 7) is 13.8. The number of rotatable bonds is 8. The van der Waals surface area contributed by atoms with Crippen LogP contribution in [0.5, 0.6) is 0 Å². The molecule has 1 saturated heterocycles. The van der Waals surface area contributed by atoms with Crippen molar-refractivity contribution in [3.8, 4) is 11.1 Å². The predicted octanol–water partition coefficient (Wildman–Crippen LogP) is 3.96. The normalized spacial score (nSPS) is 16.2. The van der Waals surface area contributed by atoms with Gasteiger partial charge in [-0.15, -0.1) is 0 Å². The Balaban J connectivity index is 1.51. The zero-order valence-corrected chi connectivity index (χ0v) is 21.9. The average Bonchev–Trinajstić information content (AvgIpc) is 3.21. The van der Waals surface area contributed by atoms with Gasteiger partial charge in [-0.2, -0.15) is 0 Å². The molecule has 1 aliphatic rings. The van der Waals surface area contributed by atoms with Gasteiger partial charge < -0.3 is 26.3 Å². The van der Waals surface area contributed by atoms with Gasteiger partial charge in [0.05, 0.1) is 11.7 Å². The largest absolute Gasteiger partial charge is 0.401 e. The summed E-state index contributed by atoms with van der Waals surface area (Å²) < 4.78 is 31.7. The lowest BCUT2D eigenvalue weighted by Gasteiger charge is -2.33. The number of benzene rings is 1. The highest BCUT2D eigenvalue weighted by molar-refractivity contribution is 5.84.